The van der Waals surface area contributed by atoms with Crippen molar-refractivity contribution in [2.45, 2.75) is 19.4 Å². The molecule has 0 spiro atoms. The Hall–Kier alpha value is -3.08. The average molecular weight is 361 g/mol. The van der Waals surface area contributed by atoms with Crippen LogP contribution in [0, 0.1) is 0 Å². The molecule has 0 unspecified atom stereocenters. The maximum Gasteiger partial charge on any atom is 0.257 e. The third-order valence-corrected chi connectivity index (χ3v) is 4.92. The topological polar surface area (TPSA) is 47.4 Å². The third-order valence-electron chi connectivity index (χ3n) is 4.92. The lowest BCUT2D eigenvalue weighted by Crippen LogP contribution is -2.27. The van der Waals surface area contributed by atoms with Crippen molar-refractivity contribution >= 4 is 5.91 Å². The molecule has 138 valence electrons. The molecule has 0 aliphatic carbocycles. The monoisotopic (exact) mass is 361 g/mol. The minimum absolute atomic E-state index is 0.0598. The van der Waals surface area contributed by atoms with E-state index >= 15 is 0 Å². The highest BCUT2D eigenvalue weighted by atomic mass is 16.5. The molecule has 0 saturated carbocycles. The van der Waals surface area contributed by atoms with Crippen LogP contribution in [-0.2, 0) is 6.54 Å². The second-order valence-electron chi connectivity index (χ2n) is 6.81. The summed E-state index contributed by atoms with van der Waals surface area (Å²) in [6, 6.07) is 17.9. The fourth-order valence-electron chi connectivity index (χ4n) is 3.50. The average Bonchev–Trinajstić information content (AvgIpc) is 3.39. The van der Waals surface area contributed by atoms with Gasteiger partial charge in [0.15, 0.2) is 0 Å². The molecule has 1 amide bonds. The predicted octanol–water partition coefficient (Wildman–Crippen LogP) is 3.84. The van der Waals surface area contributed by atoms with Crippen molar-refractivity contribution in [3.8, 4) is 17.0 Å². The lowest BCUT2D eigenvalue weighted by Gasteiger charge is -2.15. The second-order valence-corrected chi connectivity index (χ2v) is 6.81. The summed E-state index contributed by atoms with van der Waals surface area (Å²) < 4.78 is 7.20. The molecule has 5 nitrogen and oxygen atoms in total. The van der Waals surface area contributed by atoms with Crippen LogP contribution < -0.4 is 4.74 Å². The zero-order valence-electron chi connectivity index (χ0n) is 15.5. The first-order valence-electron chi connectivity index (χ1n) is 9.29. The molecule has 4 rings (SSSR count). The van der Waals surface area contributed by atoms with Gasteiger partial charge in [-0.2, -0.15) is 5.10 Å². The number of methoxy groups -OCH3 is 1. The number of amides is 1. The summed E-state index contributed by atoms with van der Waals surface area (Å²) in [5, 5.41) is 4.76. The number of rotatable bonds is 5. The summed E-state index contributed by atoms with van der Waals surface area (Å²) in [5.41, 5.74) is 3.41. The van der Waals surface area contributed by atoms with Gasteiger partial charge in [-0.15, -0.1) is 0 Å². The zero-order chi connectivity index (χ0) is 18.6. The van der Waals surface area contributed by atoms with Crippen LogP contribution >= 0.6 is 0 Å². The SMILES string of the molecule is COc1cccc(-c2nn(Cc3ccccc3)cc2C(=O)N2CCCC2)c1. The smallest absolute Gasteiger partial charge is 0.257 e. The van der Waals surface area contributed by atoms with Gasteiger partial charge >= 0.3 is 0 Å². The van der Waals surface area contributed by atoms with Gasteiger partial charge in [0, 0.05) is 24.8 Å². The number of carbonyl (C=O) groups excluding carboxylic acids is 1. The second kappa shape index (κ2) is 7.66. The number of ether oxygens (including phenoxy) is 1. The first-order chi connectivity index (χ1) is 13.2. The van der Waals surface area contributed by atoms with Crippen molar-refractivity contribution in [3.63, 3.8) is 0 Å². The zero-order valence-corrected chi connectivity index (χ0v) is 15.5. The Kier molecular flexibility index (Phi) is 4.92. The minimum Gasteiger partial charge on any atom is -0.497 e. The van der Waals surface area contributed by atoms with E-state index in [1.807, 2.05) is 58.2 Å². The van der Waals surface area contributed by atoms with Gasteiger partial charge in [0.25, 0.3) is 5.91 Å². The Bertz CT molecular complexity index is 928. The van der Waals surface area contributed by atoms with Gasteiger partial charge in [0.05, 0.1) is 19.2 Å². The van der Waals surface area contributed by atoms with E-state index < -0.39 is 0 Å². The summed E-state index contributed by atoms with van der Waals surface area (Å²) in [4.78, 5) is 15.0. The first-order valence-corrected chi connectivity index (χ1v) is 9.29. The van der Waals surface area contributed by atoms with E-state index in [1.54, 1.807) is 7.11 Å². The van der Waals surface area contributed by atoms with Gasteiger partial charge in [-0.1, -0.05) is 42.5 Å². The maximum atomic E-state index is 13.1. The molecule has 1 aromatic heterocycles. The normalized spacial score (nSPS) is 13.7. The Labute approximate surface area is 159 Å². The molecule has 0 N–H and O–H groups in total. The first kappa shape index (κ1) is 17.3. The molecule has 27 heavy (non-hydrogen) atoms. The molecule has 1 fully saturated rings. The molecule has 1 saturated heterocycles. The fourth-order valence-corrected chi connectivity index (χ4v) is 3.50. The van der Waals surface area contributed by atoms with Crippen LogP contribution in [0.5, 0.6) is 5.75 Å². The van der Waals surface area contributed by atoms with E-state index in [2.05, 4.69) is 12.1 Å². The number of hydrogen-bond donors (Lipinski definition) is 0. The maximum absolute atomic E-state index is 13.1. The molecule has 2 heterocycles. The lowest BCUT2D eigenvalue weighted by atomic mass is 10.1. The number of nitrogens with zero attached hydrogens (tertiary/aromatic N) is 3. The molecule has 1 aliphatic rings. The van der Waals surface area contributed by atoms with Gasteiger partial charge < -0.3 is 9.64 Å². The van der Waals surface area contributed by atoms with Crippen LogP contribution in [0.15, 0.2) is 60.8 Å². The number of hydrogen-bond acceptors (Lipinski definition) is 3. The molecule has 1 aliphatic heterocycles. The highest BCUT2D eigenvalue weighted by Gasteiger charge is 2.25. The van der Waals surface area contributed by atoms with Crippen molar-refractivity contribution in [1.82, 2.24) is 14.7 Å². The number of aromatic nitrogens is 2. The van der Waals surface area contributed by atoms with Crippen LogP contribution in [0.2, 0.25) is 0 Å². The van der Waals surface area contributed by atoms with Gasteiger partial charge in [-0.3, -0.25) is 9.48 Å². The fraction of sp³-hybridized carbons (Fsp3) is 0.273. The van der Waals surface area contributed by atoms with Crippen molar-refractivity contribution in [2.75, 3.05) is 20.2 Å². The summed E-state index contributed by atoms with van der Waals surface area (Å²) >= 11 is 0. The number of carbonyl (C=O) groups is 1. The highest BCUT2D eigenvalue weighted by Crippen LogP contribution is 2.28. The van der Waals surface area contributed by atoms with Gasteiger partial charge in [0.2, 0.25) is 0 Å². The van der Waals surface area contributed by atoms with Crippen molar-refractivity contribution in [1.29, 1.82) is 0 Å². The third kappa shape index (κ3) is 3.72. The predicted molar refractivity (Wildman–Crippen MR) is 105 cm³/mol. The van der Waals surface area contributed by atoms with Gasteiger partial charge in [0.1, 0.15) is 11.4 Å². The van der Waals surface area contributed by atoms with E-state index in [4.69, 9.17) is 9.84 Å². The van der Waals surface area contributed by atoms with E-state index in [9.17, 15) is 4.79 Å². The lowest BCUT2D eigenvalue weighted by molar-refractivity contribution is 0.0793. The molecular formula is C22H23N3O2. The number of benzene rings is 2. The quantitative estimate of drug-likeness (QED) is 0.694. The molecule has 0 radical (unpaired) electrons. The summed E-state index contributed by atoms with van der Waals surface area (Å²) in [6.07, 6.45) is 4.01. The van der Waals surface area contributed by atoms with Crippen LogP contribution in [0.4, 0.5) is 0 Å². The Morgan fingerprint density at radius 1 is 1.07 bits per heavy atom. The van der Waals surface area contributed by atoms with Gasteiger partial charge in [-0.25, -0.2) is 0 Å². The standard InChI is InChI=1S/C22H23N3O2/c1-27-19-11-7-10-18(14-19)21-20(22(26)24-12-5-6-13-24)16-25(23-21)15-17-8-3-2-4-9-17/h2-4,7-11,14,16H,5-6,12-13,15H2,1H3. The molecule has 2 aromatic carbocycles. The largest absolute Gasteiger partial charge is 0.497 e. The van der Waals surface area contributed by atoms with Crippen LogP contribution in [-0.4, -0.2) is 40.8 Å². The molecule has 5 heteroatoms. The van der Waals surface area contributed by atoms with Crippen LogP contribution in [0.25, 0.3) is 11.3 Å². The molecular weight excluding hydrogens is 338 g/mol. The highest BCUT2D eigenvalue weighted by molar-refractivity contribution is 6.00. The van der Waals surface area contributed by atoms with E-state index in [1.165, 1.54) is 0 Å². The molecule has 3 aromatic rings. The summed E-state index contributed by atoms with van der Waals surface area (Å²) in [7, 11) is 1.64. The Balaban J connectivity index is 1.73. The Morgan fingerprint density at radius 3 is 2.59 bits per heavy atom. The summed E-state index contributed by atoms with van der Waals surface area (Å²) in [6.45, 7) is 2.27. The van der Waals surface area contributed by atoms with Crippen molar-refractivity contribution < 1.29 is 9.53 Å². The van der Waals surface area contributed by atoms with E-state index in [0.29, 0.717) is 17.8 Å². The number of likely N-dealkylation sites (tertiary alicyclic amines) is 1. The molecule has 0 atom stereocenters. The van der Waals surface area contributed by atoms with E-state index in [-0.39, 0.29) is 5.91 Å². The van der Waals surface area contributed by atoms with Crippen LogP contribution in [0.1, 0.15) is 28.8 Å². The van der Waals surface area contributed by atoms with Crippen molar-refractivity contribution in [3.05, 3.63) is 71.9 Å². The minimum atomic E-state index is 0.0598. The Morgan fingerprint density at radius 2 is 1.85 bits per heavy atom. The van der Waals surface area contributed by atoms with Crippen LogP contribution in [0.3, 0.4) is 0 Å². The van der Waals surface area contributed by atoms with Crippen molar-refractivity contribution in [2.24, 2.45) is 0 Å². The molecule has 0 bridgehead atoms. The summed E-state index contributed by atoms with van der Waals surface area (Å²) in [5.74, 6) is 0.814. The van der Waals surface area contributed by atoms with Gasteiger partial charge in [-0.05, 0) is 30.5 Å². The van der Waals surface area contributed by atoms with E-state index in [0.717, 1.165) is 42.8 Å².